The van der Waals surface area contributed by atoms with Gasteiger partial charge in [0.1, 0.15) is 0 Å². The van der Waals surface area contributed by atoms with Crippen molar-refractivity contribution in [1.29, 1.82) is 0 Å². The molecule has 0 aliphatic carbocycles. The molecule has 0 saturated heterocycles. The third-order valence-corrected chi connectivity index (χ3v) is 1.97. The van der Waals surface area contributed by atoms with E-state index >= 15 is 0 Å². The summed E-state index contributed by atoms with van der Waals surface area (Å²) in [5.41, 5.74) is -1.99. The molecule has 2 unspecified atom stereocenters. The summed E-state index contributed by atoms with van der Waals surface area (Å²) in [6, 6.07) is 0. The molecule has 1 amide bonds. The average Bonchev–Trinajstić information content (AvgIpc) is 2.13. The van der Waals surface area contributed by atoms with E-state index in [0.717, 1.165) is 12.4 Å². The van der Waals surface area contributed by atoms with Crippen molar-refractivity contribution in [2.75, 3.05) is 0 Å². The largest absolute Gasteiger partial charge is 0.481 e. The molecule has 8 heteroatoms. The fourth-order valence-electron chi connectivity index (χ4n) is 1.03. The van der Waals surface area contributed by atoms with Gasteiger partial charge in [0.05, 0.1) is 6.42 Å². The van der Waals surface area contributed by atoms with Crippen LogP contribution in [0.5, 0.6) is 0 Å². The van der Waals surface area contributed by atoms with Crippen LogP contribution in [-0.2, 0) is 14.4 Å². The van der Waals surface area contributed by atoms with Crippen molar-refractivity contribution in [2.24, 2.45) is 5.92 Å². The Morgan fingerprint density at radius 2 is 1.80 bits per heavy atom. The van der Waals surface area contributed by atoms with Crippen LogP contribution in [0.3, 0.4) is 0 Å². The number of carbonyl (C=O) groups is 3. The van der Waals surface area contributed by atoms with E-state index in [4.69, 9.17) is 15.4 Å². The normalized spacial score (nSPS) is 16.2. The first-order valence-corrected chi connectivity index (χ1v) is 3.88. The summed E-state index contributed by atoms with van der Waals surface area (Å²) < 4.78 is 0. The zero-order valence-electron chi connectivity index (χ0n) is 7.80. The predicted octanol–water partition coefficient (Wildman–Crippen LogP) is -1.58. The monoisotopic (exact) mass is 221 g/mol. The number of hydroxylamine groups is 1. The van der Waals surface area contributed by atoms with E-state index in [1.807, 2.05) is 0 Å². The minimum atomic E-state index is -2.97. The maximum absolute atomic E-state index is 10.9. The lowest BCUT2D eigenvalue weighted by atomic mass is 9.85. The van der Waals surface area contributed by atoms with Crippen LogP contribution in [0.25, 0.3) is 0 Å². The van der Waals surface area contributed by atoms with Crippen LogP contribution < -0.4 is 5.48 Å². The SMILES string of the molecule is CC(CC(=O)O)C(O)(C(=O)O)C(=O)NO. The first-order chi connectivity index (χ1) is 6.76. The van der Waals surface area contributed by atoms with Crippen molar-refractivity contribution in [1.82, 2.24) is 5.48 Å². The van der Waals surface area contributed by atoms with Crippen LogP contribution in [0.2, 0.25) is 0 Å². The lowest BCUT2D eigenvalue weighted by Crippen LogP contribution is -2.56. The molecule has 8 nitrogen and oxygen atoms in total. The first-order valence-electron chi connectivity index (χ1n) is 3.88. The van der Waals surface area contributed by atoms with E-state index < -0.39 is 35.8 Å². The number of carbonyl (C=O) groups excluding carboxylic acids is 1. The second-order valence-corrected chi connectivity index (χ2v) is 3.01. The number of aliphatic hydroxyl groups is 1. The van der Waals surface area contributed by atoms with Gasteiger partial charge in [0.15, 0.2) is 0 Å². The van der Waals surface area contributed by atoms with Gasteiger partial charge in [0.25, 0.3) is 5.91 Å². The van der Waals surface area contributed by atoms with Crippen molar-refractivity contribution in [2.45, 2.75) is 18.9 Å². The number of nitrogens with one attached hydrogen (secondary N) is 1. The van der Waals surface area contributed by atoms with Crippen molar-refractivity contribution in [3.63, 3.8) is 0 Å². The van der Waals surface area contributed by atoms with Gasteiger partial charge in [-0.2, -0.15) is 0 Å². The zero-order chi connectivity index (χ0) is 12.2. The summed E-state index contributed by atoms with van der Waals surface area (Å²) in [5.74, 6) is -6.26. The van der Waals surface area contributed by atoms with Gasteiger partial charge < -0.3 is 15.3 Å². The Bertz CT molecular complexity index is 289. The Balaban J connectivity index is 5.02. The summed E-state index contributed by atoms with van der Waals surface area (Å²) in [6.07, 6.45) is -0.726. The molecule has 0 heterocycles. The second kappa shape index (κ2) is 4.71. The van der Waals surface area contributed by atoms with E-state index in [1.54, 1.807) is 0 Å². The highest BCUT2D eigenvalue weighted by Crippen LogP contribution is 2.21. The van der Waals surface area contributed by atoms with Crippen molar-refractivity contribution >= 4 is 17.8 Å². The number of aliphatic carboxylic acids is 2. The third-order valence-electron chi connectivity index (χ3n) is 1.97. The van der Waals surface area contributed by atoms with Crippen LogP contribution in [-0.4, -0.2) is 44.0 Å². The molecule has 5 N–H and O–H groups in total. The van der Waals surface area contributed by atoms with E-state index in [2.05, 4.69) is 0 Å². The number of hydrogen-bond donors (Lipinski definition) is 5. The van der Waals surface area contributed by atoms with Crippen LogP contribution in [0.15, 0.2) is 0 Å². The lowest BCUT2D eigenvalue weighted by molar-refractivity contribution is -0.177. The highest BCUT2D eigenvalue weighted by molar-refractivity contribution is 6.05. The molecule has 0 rings (SSSR count). The fourth-order valence-corrected chi connectivity index (χ4v) is 1.03. The average molecular weight is 221 g/mol. The van der Waals surface area contributed by atoms with Crippen LogP contribution >= 0.6 is 0 Å². The second-order valence-electron chi connectivity index (χ2n) is 3.01. The summed E-state index contributed by atoms with van der Waals surface area (Å²) in [4.78, 5) is 31.8. The van der Waals surface area contributed by atoms with Gasteiger partial charge in [0.2, 0.25) is 5.60 Å². The molecule has 0 saturated carbocycles. The lowest BCUT2D eigenvalue weighted by Gasteiger charge is -2.26. The standard InChI is InChI=1S/C7H11NO7/c1-3(2-4(9)10)7(14,6(12)13)5(11)8-15/h3,14-15H,2H2,1H3,(H,8,11)(H,9,10)(H,12,13). The topological polar surface area (TPSA) is 144 Å². The maximum Gasteiger partial charge on any atom is 0.346 e. The molecule has 86 valence electrons. The fraction of sp³-hybridized carbons (Fsp3) is 0.571. The highest BCUT2D eigenvalue weighted by atomic mass is 16.5. The quantitative estimate of drug-likeness (QED) is 0.214. The van der Waals surface area contributed by atoms with Gasteiger partial charge in [0, 0.05) is 5.92 Å². The van der Waals surface area contributed by atoms with Gasteiger partial charge >= 0.3 is 11.9 Å². The Kier molecular flexibility index (Phi) is 4.19. The van der Waals surface area contributed by atoms with Gasteiger partial charge in [-0.1, -0.05) is 6.92 Å². The summed E-state index contributed by atoms with van der Waals surface area (Å²) in [6.45, 7) is 1.07. The maximum atomic E-state index is 10.9. The number of carboxylic acids is 2. The molecule has 0 bridgehead atoms. The minimum Gasteiger partial charge on any atom is -0.481 e. The van der Waals surface area contributed by atoms with Crippen LogP contribution in [0, 0.1) is 5.92 Å². The molecule has 0 aromatic carbocycles. The molecular formula is C7H11NO7. The molecule has 15 heavy (non-hydrogen) atoms. The Morgan fingerprint density at radius 1 is 1.33 bits per heavy atom. The third kappa shape index (κ3) is 2.64. The van der Waals surface area contributed by atoms with Gasteiger partial charge in [-0.25, -0.2) is 10.3 Å². The van der Waals surface area contributed by atoms with Crippen molar-refractivity contribution in [3.8, 4) is 0 Å². The van der Waals surface area contributed by atoms with Gasteiger partial charge in [-0.15, -0.1) is 0 Å². The molecular weight excluding hydrogens is 210 g/mol. The van der Waals surface area contributed by atoms with E-state index in [0.29, 0.717) is 0 Å². The number of rotatable bonds is 5. The molecule has 0 aromatic heterocycles. The molecule has 0 aromatic rings. The number of hydrogen-bond acceptors (Lipinski definition) is 5. The minimum absolute atomic E-state index is 0.726. The smallest absolute Gasteiger partial charge is 0.346 e. The number of amides is 1. The Hall–Kier alpha value is -1.67. The molecule has 0 aliphatic heterocycles. The van der Waals surface area contributed by atoms with E-state index in [-0.39, 0.29) is 0 Å². The van der Waals surface area contributed by atoms with E-state index in [9.17, 15) is 19.5 Å². The highest BCUT2D eigenvalue weighted by Gasteiger charge is 2.49. The van der Waals surface area contributed by atoms with Crippen molar-refractivity contribution < 1.29 is 34.9 Å². The van der Waals surface area contributed by atoms with E-state index in [1.165, 1.54) is 0 Å². The summed E-state index contributed by atoms with van der Waals surface area (Å²) in [5, 5.41) is 34.7. The van der Waals surface area contributed by atoms with Crippen LogP contribution in [0.4, 0.5) is 0 Å². The summed E-state index contributed by atoms with van der Waals surface area (Å²) >= 11 is 0. The van der Waals surface area contributed by atoms with Crippen LogP contribution in [0.1, 0.15) is 13.3 Å². The van der Waals surface area contributed by atoms with Gasteiger partial charge in [-0.05, 0) is 0 Å². The van der Waals surface area contributed by atoms with Crippen molar-refractivity contribution in [3.05, 3.63) is 0 Å². The number of carboxylic acid groups (broad SMARTS) is 2. The Morgan fingerprint density at radius 3 is 2.07 bits per heavy atom. The first kappa shape index (κ1) is 13.3. The molecule has 0 fully saturated rings. The molecule has 0 aliphatic rings. The molecule has 0 radical (unpaired) electrons. The predicted molar refractivity (Wildman–Crippen MR) is 43.9 cm³/mol. The molecule has 2 atom stereocenters. The van der Waals surface area contributed by atoms with Gasteiger partial charge in [-0.3, -0.25) is 14.8 Å². The summed E-state index contributed by atoms with van der Waals surface area (Å²) in [7, 11) is 0. The Labute approximate surface area is 84.1 Å². The molecule has 0 spiro atoms. The zero-order valence-corrected chi connectivity index (χ0v) is 7.80.